The highest BCUT2D eigenvalue weighted by molar-refractivity contribution is 9.10. The number of pyridine rings is 1. The summed E-state index contributed by atoms with van der Waals surface area (Å²) in [4.78, 5) is 13.0. The minimum Gasteiger partial charge on any atom is -0.383 e. The van der Waals surface area contributed by atoms with Crippen LogP contribution < -0.4 is 5.73 Å². The summed E-state index contributed by atoms with van der Waals surface area (Å²) in [6.45, 7) is 6.13. The smallest absolute Gasteiger partial charge is 0.182 e. The van der Waals surface area contributed by atoms with Gasteiger partial charge in [-0.05, 0) is 22.0 Å². The van der Waals surface area contributed by atoms with E-state index in [0.717, 1.165) is 5.69 Å². The van der Waals surface area contributed by atoms with Gasteiger partial charge < -0.3 is 5.73 Å². The van der Waals surface area contributed by atoms with Crippen LogP contribution >= 0.6 is 39.1 Å². The van der Waals surface area contributed by atoms with Crippen molar-refractivity contribution in [3.63, 3.8) is 0 Å². The summed E-state index contributed by atoms with van der Waals surface area (Å²) in [5.41, 5.74) is 7.01. The molecule has 0 unspecified atom stereocenters. The molecule has 0 radical (unpaired) electrons. The van der Waals surface area contributed by atoms with E-state index in [2.05, 4.69) is 30.9 Å². The molecule has 20 heavy (non-hydrogen) atoms. The SMILES string of the molecule is CC(C)(C)c1nc(-c2ncc(Cl)cc2Cl)nc(N)c1Br. The van der Waals surface area contributed by atoms with Gasteiger partial charge in [0.15, 0.2) is 5.82 Å². The second-order valence-electron chi connectivity index (χ2n) is 5.33. The number of nitrogens with zero attached hydrogens (tertiary/aromatic N) is 3. The summed E-state index contributed by atoms with van der Waals surface area (Å²) in [5, 5.41) is 0.846. The highest BCUT2D eigenvalue weighted by atomic mass is 79.9. The number of nitrogens with two attached hydrogens (primary N) is 1. The van der Waals surface area contributed by atoms with E-state index in [1.54, 1.807) is 6.07 Å². The van der Waals surface area contributed by atoms with Crippen LogP contribution in [0.25, 0.3) is 11.5 Å². The fourth-order valence-electron chi connectivity index (χ4n) is 1.65. The normalized spacial score (nSPS) is 11.7. The third kappa shape index (κ3) is 3.05. The lowest BCUT2D eigenvalue weighted by molar-refractivity contribution is 0.564. The van der Waals surface area contributed by atoms with Crippen molar-refractivity contribution in [1.29, 1.82) is 0 Å². The van der Waals surface area contributed by atoms with E-state index >= 15 is 0 Å². The molecular weight excluding hydrogens is 363 g/mol. The van der Waals surface area contributed by atoms with E-state index < -0.39 is 0 Å². The number of hydrogen-bond donors (Lipinski definition) is 1. The Morgan fingerprint density at radius 1 is 1.20 bits per heavy atom. The molecule has 0 bridgehead atoms. The average molecular weight is 376 g/mol. The van der Waals surface area contributed by atoms with Crippen LogP contribution in [0.5, 0.6) is 0 Å². The van der Waals surface area contributed by atoms with Gasteiger partial charge in [-0.3, -0.25) is 0 Å². The van der Waals surface area contributed by atoms with E-state index in [0.29, 0.717) is 31.9 Å². The first-order valence-corrected chi connectivity index (χ1v) is 7.40. The van der Waals surface area contributed by atoms with Crippen LogP contribution in [0.15, 0.2) is 16.7 Å². The van der Waals surface area contributed by atoms with Crippen molar-refractivity contribution >= 4 is 44.9 Å². The van der Waals surface area contributed by atoms with Crippen molar-refractivity contribution in [3.05, 3.63) is 32.5 Å². The van der Waals surface area contributed by atoms with Crippen LogP contribution in [0.1, 0.15) is 26.5 Å². The highest BCUT2D eigenvalue weighted by Crippen LogP contribution is 2.34. The van der Waals surface area contributed by atoms with Crippen LogP contribution in [-0.2, 0) is 5.41 Å². The van der Waals surface area contributed by atoms with Crippen molar-refractivity contribution in [2.45, 2.75) is 26.2 Å². The van der Waals surface area contributed by atoms with Gasteiger partial charge in [0.05, 0.1) is 20.2 Å². The van der Waals surface area contributed by atoms with Gasteiger partial charge in [-0.1, -0.05) is 44.0 Å². The molecular formula is C13H13BrCl2N4. The van der Waals surface area contributed by atoms with E-state index in [4.69, 9.17) is 28.9 Å². The second-order valence-corrected chi connectivity index (χ2v) is 6.97. The molecule has 0 aliphatic heterocycles. The zero-order valence-electron chi connectivity index (χ0n) is 11.2. The molecule has 0 saturated carbocycles. The largest absolute Gasteiger partial charge is 0.383 e. The van der Waals surface area contributed by atoms with Gasteiger partial charge in [0.1, 0.15) is 11.5 Å². The number of aromatic nitrogens is 3. The van der Waals surface area contributed by atoms with Gasteiger partial charge in [0, 0.05) is 11.6 Å². The molecule has 4 nitrogen and oxygen atoms in total. The predicted molar refractivity (Wildman–Crippen MR) is 86.1 cm³/mol. The fourth-order valence-corrected chi connectivity index (χ4v) is 2.88. The van der Waals surface area contributed by atoms with Crippen molar-refractivity contribution < 1.29 is 0 Å². The van der Waals surface area contributed by atoms with E-state index in [1.807, 2.05) is 20.8 Å². The van der Waals surface area contributed by atoms with E-state index in [9.17, 15) is 0 Å². The highest BCUT2D eigenvalue weighted by Gasteiger charge is 2.23. The second kappa shape index (κ2) is 5.47. The van der Waals surface area contributed by atoms with Gasteiger partial charge in [0.25, 0.3) is 0 Å². The number of nitrogen functional groups attached to an aromatic ring is 1. The van der Waals surface area contributed by atoms with Gasteiger partial charge in [-0.2, -0.15) is 0 Å². The number of halogens is 3. The Morgan fingerprint density at radius 2 is 1.85 bits per heavy atom. The lowest BCUT2D eigenvalue weighted by Gasteiger charge is -2.20. The Kier molecular flexibility index (Phi) is 4.23. The van der Waals surface area contributed by atoms with Crippen LogP contribution in [-0.4, -0.2) is 15.0 Å². The Labute approximate surface area is 135 Å². The Bertz CT molecular complexity index is 668. The van der Waals surface area contributed by atoms with E-state index in [1.165, 1.54) is 6.20 Å². The Balaban J connectivity index is 2.67. The quantitative estimate of drug-likeness (QED) is 0.797. The van der Waals surface area contributed by atoms with Crippen LogP contribution in [0.3, 0.4) is 0 Å². The molecule has 2 aromatic rings. The first-order chi connectivity index (χ1) is 9.20. The fraction of sp³-hybridized carbons (Fsp3) is 0.308. The van der Waals surface area contributed by atoms with Crippen LogP contribution in [0.4, 0.5) is 5.82 Å². The molecule has 7 heteroatoms. The lowest BCUT2D eigenvalue weighted by Crippen LogP contribution is -2.17. The molecule has 0 aliphatic carbocycles. The summed E-state index contributed by atoms with van der Waals surface area (Å²) in [5.74, 6) is 0.741. The maximum atomic E-state index is 6.14. The van der Waals surface area contributed by atoms with Gasteiger partial charge >= 0.3 is 0 Å². The minimum absolute atomic E-state index is 0.191. The summed E-state index contributed by atoms with van der Waals surface area (Å²) in [7, 11) is 0. The molecule has 2 aromatic heterocycles. The standard InChI is InChI=1S/C13H13BrCl2N4/c1-13(2,3)10-8(14)11(17)20-12(19-10)9-7(16)4-6(15)5-18-9/h4-5H,1-3H3,(H2,17,19,20). The number of anilines is 1. The Hall–Kier alpha value is -0.910. The molecule has 0 amide bonds. The first kappa shape index (κ1) is 15.5. The van der Waals surface area contributed by atoms with Crippen LogP contribution in [0.2, 0.25) is 10.0 Å². The topological polar surface area (TPSA) is 64.7 Å². The van der Waals surface area contributed by atoms with Gasteiger partial charge in [0.2, 0.25) is 0 Å². The number of rotatable bonds is 1. The van der Waals surface area contributed by atoms with Gasteiger partial charge in [-0.15, -0.1) is 0 Å². The molecule has 0 aliphatic rings. The molecule has 2 N–H and O–H groups in total. The monoisotopic (exact) mass is 374 g/mol. The third-order valence-corrected chi connectivity index (χ3v) is 3.88. The molecule has 0 aromatic carbocycles. The summed E-state index contributed by atoms with van der Waals surface area (Å²) in [6.07, 6.45) is 1.50. The maximum Gasteiger partial charge on any atom is 0.182 e. The minimum atomic E-state index is -0.191. The van der Waals surface area contributed by atoms with Gasteiger partial charge in [-0.25, -0.2) is 15.0 Å². The average Bonchev–Trinajstić information content (AvgIpc) is 2.31. The van der Waals surface area contributed by atoms with Crippen LogP contribution in [0, 0.1) is 0 Å². The molecule has 0 spiro atoms. The Morgan fingerprint density at radius 3 is 2.40 bits per heavy atom. The summed E-state index contributed by atoms with van der Waals surface area (Å²) >= 11 is 15.4. The molecule has 106 valence electrons. The van der Waals surface area contributed by atoms with Crippen molar-refractivity contribution in [2.75, 3.05) is 5.73 Å². The molecule has 0 saturated heterocycles. The van der Waals surface area contributed by atoms with Crippen molar-refractivity contribution in [2.24, 2.45) is 0 Å². The zero-order valence-corrected chi connectivity index (χ0v) is 14.3. The van der Waals surface area contributed by atoms with Crippen molar-refractivity contribution in [3.8, 4) is 11.5 Å². The van der Waals surface area contributed by atoms with Crippen molar-refractivity contribution in [1.82, 2.24) is 15.0 Å². The number of hydrogen-bond acceptors (Lipinski definition) is 4. The predicted octanol–water partition coefficient (Wildman–Crippen LogP) is 4.49. The molecule has 2 heterocycles. The molecule has 0 atom stereocenters. The zero-order chi connectivity index (χ0) is 15.1. The summed E-state index contributed by atoms with van der Waals surface area (Å²) < 4.78 is 0.693. The lowest BCUT2D eigenvalue weighted by atomic mass is 9.92. The first-order valence-electron chi connectivity index (χ1n) is 5.85. The molecule has 0 fully saturated rings. The molecule has 2 rings (SSSR count). The van der Waals surface area contributed by atoms with E-state index in [-0.39, 0.29) is 5.41 Å². The maximum absolute atomic E-state index is 6.14. The summed E-state index contributed by atoms with van der Waals surface area (Å²) in [6, 6.07) is 1.60. The third-order valence-electron chi connectivity index (χ3n) is 2.61.